The molecule has 168 valence electrons. The summed E-state index contributed by atoms with van der Waals surface area (Å²) in [6.07, 6.45) is 2.07. The van der Waals surface area contributed by atoms with E-state index in [0.717, 1.165) is 50.8 Å². The van der Waals surface area contributed by atoms with Crippen LogP contribution < -0.4 is 5.73 Å². The fourth-order valence-corrected chi connectivity index (χ4v) is 3.49. The second-order valence-electron chi connectivity index (χ2n) is 6.33. The van der Waals surface area contributed by atoms with Crippen molar-refractivity contribution in [2.24, 2.45) is 0 Å². The zero-order valence-corrected chi connectivity index (χ0v) is 20.0. The van der Waals surface area contributed by atoms with Crippen molar-refractivity contribution in [1.29, 1.82) is 5.41 Å². The van der Waals surface area contributed by atoms with Crippen molar-refractivity contribution in [2.75, 3.05) is 12.3 Å². The highest BCUT2D eigenvalue weighted by atomic mass is 16.5. The lowest BCUT2D eigenvalue weighted by atomic mass is 9.91. The molecule has 0 saturated heterocycles. The Balaban J connectivity index is 0.000000739. The molecule has 2 heterocycles. The molecule has 4 rings (SSSR count). The van der Waals surface area contributed by atoms with Crippen LogP contribution >= 0.6 is 0 Å². The third kappa shape index (κ3) is 5.42. The summed E-state index contributed by atoms with van der Waals surface area (Å²) in [4.78, 5) is 4.86. The van der Waals surface area contributed by atoms with Crippen LogP contribution in [0.15, 0.2) is 30.3 Å². The van der Waals surface area contributed by atoms with Crippen LogP contribution in [0.2, 0.25) is 0 Å². The summed E-state index contributed by atoms with van der Waals surface area (Å²) in [5, 5.41) is 18.5. The number of hydrogen-bond acceptors (Lipinski definition) is 5. The number of nitrogens with two attached hydrogens (primary N) is 1. The molecule has 0 amide bonds. The first kappa shape index (κ1) is 26.1. The highest BCUT2D eigenvalue weighted by Crippen LogP contribution is 2.36. The molecule has 0 saturated carbocycles. The first-order valence-electron chi connectivity index (χ1n) is 11.2. The van der Waals surface area contributed by atoms with Crippen molar-refractivity contribution in [1.82, 2.24) is 4.98 Å². The molecule has 0 bridgehead atoms. The Labute approximate surface area is 186 Å². The second-order valence-corrected chi connectivity index (χ2v) is 6.33. The van der Waals surface area contributed by atoms with Gasteiger partial charge in [0.25, 0.3) is 0 Å². The minimum absolute atomic E-state index is 0.272. The number of phenolic OH excluding ortho intramolecular Hbond substituents is 1. The van der Waals surface area contributed by atoms with Crippen molar-refractivity contribution in [2.45, 2.75) is 61.5 Å². The number of benzene rings is 2. The molecule has 0 aliphatic carbocycles. The van der Waals surface area contributed by atoms with Crippen LogP contribution in [0.25, 0.3) is 22.2 Å². The van der Waals surface area contributed by atoms with Crippen LogP contribution in [-0.2, 0) is 17.8 Å². The third-order valence-electron chi connectivity index (χ3n) is 4.80. The van der Waals surface area contributed by atoms with Gasteiger partial charge in [0, 0.05) is 34.0 Å². The number of hydrogen-bond donors (Lipinski definition) is 3. The van der Waals surface area contributed by atoms with Gasteiger partial charge in [-0.1, -0.05) is 41.5 Å². The van der Waals surface area contributed by atoms with Crippen LogP contribution in [0.5, 0.6) is 5.75 Å². The summed E-state index contributed by atoms with van der Waals surface area (Å²) < 4.78 is 5.69. The highest BCUT2D eigenvalue weighted by molar-refractivity contribution is 6.05. The van der Waals surface area contributed by atoms with E-state index in [0.29, 0.717) is 18.9 Å². The molecule has 0 unspecified atom stereocenters. The van der Waals surface area contributed by atoms with E-state index < -0.39 is 0 Å². The van der Waals surface area contributed by atoms with Crippen LogP contribution in [0.1, 0.15) is 63.8 Å². The van der Waals surface area contributed by atoms with Gasteiger partial charge in [0.1, 0.15) is 5.75 Å². The van der Waals surface area contributed by atoms with Crippen molar-refractivity contribution in [3.63, 3.8) is 0 Å². The van der Waals surface area contributed by atoms with Gasteiger partial charge in [-0.15, -0.1) is 0 Å². The lowest BCUT2D eigenvalue weighted by Crippen LogP contribution is -2.14. The number of nitrogens with one attached hydrogen (secondary N) is 1. The van der Waals surface area contributed by atoms with Gasteiger partial charge in [-0.05, 0) is 54.8 Å². The summed E-state index contributed by atoms with van der Waals surface area (Å²) in [5.74, 6) is 0.272. The molecule has 0 radical (unpaired) electrons. The quantitative estimate of drug-likeness (QED) is 0.318. The molecular formula is C26H37N3O2. The minimum atomic E-state index is 0.272. The molecule has 5 nitrogen and oxygen atoms in total. The van der Waals surface area contributed by atoms with Gasteiger partial charge in [0.05, 0.1) is 24.4 Å². The molecule has 1 aliphatic heterocycles. The van der Waals surface area contributed by atoms with Gasteiger partial charge in [0.15, 0.2) is 0 Å². The van der Waals surface area contributed by atoms with Crippen LogP contribution in [0.3, 0.4) is 0 Å². The van der Waals surface area contributed by atoms with E-state index in [9.17, 15) is 5.11 Å². The Morgan fingerprint density at radius 2 is 1.71 bits per heavy atom. The molecule has 31 heavy (non-hydrogen) atoms. The van der Waals surface area contributed by atoms with Crippen molar-refractivity contribution in [3.8, 4) is 17.0 Å². The van der Waals surface area contributed by atoms with Crippen LogP contribution in [-0.4, -0.2) is 22.9 Å². The molecule has 1 aromatic heterocycles. The first-order chi connectivity index (χ1) is 15.1. The van der Waals surface area contributed by atoms with E-state index in [1.165, 1.54) is 6.21 Å². The number of rotatable bonds is 2. The normalized spacial score (nSPS) is 11.6. The number of fused-ring (bicyclic) bond motifs is 3. The maximum Gasteiger partial charge on any atom is 0.118 e. The third-order valence-corrected chi connectivity index (χ3v) is 4.80. The number of aromatic hydroxyl groups is 1. The molecule has 1 aliphatic rings. The molecule has 5 heteroatoms. The Morgan fingerprint density at radius 1 is 1.03 bits per heavy atom. The largest absolute Gasteiger partial charge is 0.508 e. The van der Waals surface area contributed by atoms with Crippen molar-refractivity contribution < 1.29 is 9.84 Å². The Bertz CT molecular complexity index is 1010. The van der Waals surface area contributed by atoms with Gasteiger partial charge in [-0.2, -0.15) is 0 Å². The minimum Gasteiger partial charge on any atom is -0.508 e. The Kier molecular flexibility index (Phi) is 10.7. The number of nitrogens with zero attached hydrogens (tertiary/aromatic N) is 1. The van der Waals surface area contributed by atoms with E-state index in [-0.39, 0.29) is 5.75 Å². The molecule has 0 fully saturated rings. The number of ether oxygens (including phenoxy) is 1. The smallest absolute Gasteiger partial charge is 0.118 e. The van der Waals surface area contributed by atoms with Gasteiger partial charge >= 0.3 is 0 Å². The highest BCUT2D eigenvalue weighted by Gasteiger charge is 2.22. The number of anilines is 1. The lowest BCUT2D eigenvalue weighted by Gasteiger charge is -2.23. The predicted octanol–water partition coefficient (Wildman–Crippen LogP) is 6.65. The van der Waals surface area contributed by atoms with E-state index in [2.05, 4.69) is 0 Å². The number of phenols is 1. The Hall–Kier alpha value is -2.92. The fourth-order valence-electron chi connectivity index (χ4n) is 3.49. The van der Waals surface area contributed by atoms with Gasteiger partial charge in [0.2, 0.25) is 0 Å². The number of aromatic nitrogens is 1. The van der Waals surface area contributed by atoms with Crippen molar-refractivity contribution >= 4 is 22.8 Å². The number of pyridine rings is 1. The van der Waals surface area contributed by atoms with Gasteiger partial charge in [-0.3, -0.25) is 0 Å². The van der Waals surface area contributed by atoms with E-state index in [1.54, 1.807) is 12.1 Å². The topological polar surface area (TPSA) is 92.2 Å². The number of nitrogen functional groups attached to an aromatic ring is 1. The molecule has 3 aromatic rings. The van der Waals surface area contributed by atoms with Gasteiger partial charge < -0.3 is 21.0 Å². The lowest BCUT2D eigenvalue weighted by molar-refractivity contribution is 0.111. The molecule has 4 N–H and O–H groups in total. The van der Waals surface area contributed by atoms with Crippen molar-refractivity contribution in [3.05, 3.63) is 52.6 Å². The zero-order chi connectivity index (χ0) is 23.6. The molecule has 2 aromatic carbocycles. The second kappa shape index (κ2) is 12.7. The zero-order valence-electron chi connectivity index (χ0n) is 20.0. The predicted molar refractivity (Wildman–Crippen MR) is 133 cm³/mol. The molecular weight excluding hydrogens is 386 g/mol. The fraction of sp³-hybridized carbons (Fsp3) is 0.385. The molecule has 0 spiro atoms. The monoisotopic (exact) mass is 423 g/mol. The van der Waals surface area contributed by atoms with Gasteiger partial charge in [-0.25, -0.2) is 4.98 Å². The first-order valence-corrected chi connectivity index (χ1v) is 11.2. The standard InChI is InChI=1S/C20H19N3O2.3C2H6/c1-11-8-12(2-5-18(11)24)20-15-10-25-7-6-13(15)19-14(9-21)16(22)3-4-17(19)23-20;3*1-2/h2-5,8-9,21,24H,6-7,10,22H2,1H3;3*1-2H3. The summed E-state index contributed by atoms with van der Waals surface area (Å²) in [7, 11) is 0. The van der Waals surface area contributed by atoms with E-state index in [1.807, 2.05) is 66.7 Å². The van der Waals surface area contributed by atoms with E-state index >= 15 is 0 Å². The average molecular weight is 424 g/mol. The maximum atomic E-state index is 9.82. The summed E-state index contributed by atoms with van der Waals surface area (Å²) in [6.45, 7) is 15.0. The SMILES string of the molecule is CC.CC.CC.Cc1cc(-c2nc3ccc(N)c(C=N)c3c3c2COCC3)ccc1O. The maximum absolute atomic E-state index is 9.82. The summed E-state index contributed by atoms with van der Waals surface area (Å²) >= 11 is 0. The average Bonchev–Trinajstić information content (AvgIpc) is 2.84. The summed E-state index contributed by atoms with van der Waals surface area (Å²) in [5.41, 5.74) is 13.0. The van der Waals surface area contributed by atoms with E-state index in [4.69, 9.17) is 20.9 Å². The van der Waals surface area contributed by atoms with Crippen LogP contribution in [0, 0.1) is 12.3 Å². The summed E-state index contributed by atoms with van der Waals surface area (Å²) in [6, 6.07) is 9.21. The van der Waals surface area contributed by atoms with Crippen LogP contribution in [0.4, 0.5) is 5.69 Å². The Morgan fingerprint density at radius 3 is 2.32 bits per heavy atom. The number of aryl methyl sites for hydroxylation is 1. The molecule has 0 atom stereocenters.